The highest BCUT2D eigenvalue weighted by atomic mass is 32.1. The van der Waals surface area contributed by atoms with Crippen LogP contribution in [0.1, 0.15) is 12.8 Å². The molecule has 5 nitrogen and oxygen atoms in total. The molecule has 0 spiro atoms. The van der Waals surface area contributed by atoms with Crippen LogP contribution in [0.2, 0.25) is 0 Å². The van der Waals surface area contributed by atoms with Gasteiger partial charge in [0.05, 0.1) is 19.1 Å². The van der Waals surface area contributed by atoms with Crippen molar-refractivity contribution in [2.75, 3.05) is 7.11 Å². The molecule has 6 heteroatoms. The van der Waals surface area contributed by atoms with Crippen molar-refractivity contribution in [2.45, 2.75) is 18.9 Å². The van der Waals surface area contributed by atoms with Crippen LogP contribution in [0.3, 0.4) is 0 Å². The van der Waals surface area contributed by atoms with Crippen LogP contribution in [0.4, 0.5) is 4.79 Å². The van der Waals surface area contributed by atoms with Crippen molar-refractivity contribution < 1.29 is 19.1 Å². The minimum atomic E-state index is -0.630. The average Bonchev–Trinajstić information content (AvgIpc) is 2.54. The monoisotopic (exact) mass is 307 g/mol. The van der Waals surface area contributed by atoms with Gasteiger partial charge < -0.3 is 9.47 Å². The molecular weight excluding hydrogens is 290 g/mol. The van der Waals surface area contributed by atoms with E-state index in [1.807, 2.05) is 12.1 Å². The second-order valence-electron chi connectivity index (χ2n) is 4.65. The quantitative estimate of drug-likeness (QED) is 0.530. The number of carbonyl (C=O) groups excluding carboxylic acids is 2. The van der Waals surface area contributed by atoms with Gasteiger partial charge in [-0.1, -0.05) is 43.2 Å². The number of carbonyl (C=O) groups is 2. The molecule has 21 heavy (non-hydrogen) atoms. The van der Waals surface area contributed by atoms with Crippen LogP contribution in [-0.4, -0.2) is 29.5 Å². The van der Waals surface area contributed by atoms with Gasteiger partial charge in [-0.3, -0.25) is 4.79 Å². The molecule has 1 aliphatic rings. The van der Waals surface area contributed by atoms with Crippen LogP contribution in [0.5, 0.6) is 5.75 Å². The Balaban J connectivity index is 2.08. The van der Waals surface area contributed by atoms with Gasteiger partial charge in [-0.15, -0.1) is 0 Å². The Labute approximate surface area is 129 Å². The number of rotatable bonds is 3. The number of methoxy groups -OCH3 is 1. The summed E-state index contributed by atoms with van der Waals surface area (Å²) < 4.78 is 11.1. The lowest BCUT2D eigenvalue weighted by molar-refractivity contribution is -0.146. The topological polar surface area (TPSA) is 55.8 Å². The largest absolute Gasteiger partial charge is 0.469 e. The molecule has 112 valence electrons. The number of benzene rings is 1. The summed E-state index contributed by atoms with van der Waals surface area (Å²) in [5.41, 5.74) is 0. The predicted octanol–water partition coefficient (Wildman–Crippen LogP) is 2.84. The second kappa shape index (κ2) is 7.17. The van der Waals surface area contributed by atoms with Crippen molar-refractivity contribution in [1.29, 1.82) is 0 Å². The lowest BCUT2D eigenvalue weighted by atomic mass is 9.89. The fourth-order valence-corrected chi connectivity index (χ4v) is 2.51. The Morgan fingerprint density at radius 3 is 2.67 bits per heavy atom. The summed E-state index contributed by atoms with van der Waals surface area (Å²) in [7, 11) is 1.34. The molecule has 1 aromatic rings. The molecular formula is C15H17NO4S. The van der Waals surface area contributed by atoms with E-state index in [4.69, 9.17) is 9.47 Å². The van der Waals surface area contributed by atoms with Gasteiger partial charge >= 0.3 is 12.1 Å². The Kier molecular flexibility index (Phi) is 5.27. The molecule has 2 atom stereocenters. The van der Waals surface area contributed by atoms with Crippen LogP contribution < -0.4 is 4.74 Å². The van der Waals surface area contributed by atoms with E-state index >= 15 is 0 Å². The summed E-state index contributed by atoms with van der Waals surface area (Å²) in [5.74, 6) is -0.354. The highest BCUT2D eigenvalue weighted by Crippen LogP contribution is 2.27. The molecule has 2 unspecified atom stereocenters. The van der Waals surface area contributed by atoms with Crippen molar-refractivity contribution in [3.63, 3.8) is 0 Å². The van der Waals surface area contributed by atoms with Crippen molar-refractivity contribution in [2.24, 2.45) is 5.92 Å². The van der Waals surface area contributed by atoms with E-state index in [0.29, 0.717) is 12.2 Å². The van der Waals surface area contributed by atoms with Gasteiger partial charge in [0.15, 0.2) is 0 Å². The molecule has 0 bridgehead atoms. The maximum Gasteiger partial charge on any atom is 0.425 e. The van der Waals surface area contributed by atoms with Gasteiger partial charge in [0.1, 0.15) is 5.75 Å². The molecule has 0 heterocycles. The molecule has 1 amide bonds. The zero-order chi connectivity index (χ0) is 15.2. The highest BCUT2D eigenvalue weighted by molar-refractivity contribution is 7.78. The Morgan fingerprint density at radius 2 is 2.00 bits per heavy atom. The number of hydrogen-bond acceptors (Lipinski definition) is 5. The number of thiol groups is 1. The normalized spacial score (nSPS) is 20.7. The first-order chi connectivity index (χ1) is 10.1. The summed E-state index contributed by atoms with van der Waals surface area (Å²) in [6.07, 6.45) is 4.46. The second-order valence-corrected chi connectivity index (χ2v) is 5.08. The fraction of sp³-hybridized carbons (Fsp3) is 0.333. The van der Waals surface area contributed by atoms with Crippen molar-refractivity contribution in [3.05, 3.63) is 42.5 Å². The van der Waals surface area contributed by atoms with Crippen LogP contribution in [0.15, 0.2) is 42.5 Å². The number of esters is 1. The van der Waals surface area contributed by atoms with Gasteiger partial charge in [-0.25, -0.2) is 9.10 Å². The Morgan fingerprint density at radius 1 is 1.29 bits per heavy atom. The maximum absolute atomic E-state index is 12.1. The average molecular weight is 307 g/mol. The van der Waals surface area contributed by atoms with Crippen molar-refractivity contribution in [3.8, 4) is 5.75 Å². The molecule has 0 fully saturated rings. The van der Waals surface area contributed by atoms with E-state index in [0.717, 1.165) is 10.7 Å². The number of allylic oxidation sites excluding steroid dienone is 1. The lowest BCUT2D eigenvalue weighted by Crippen LogP contribution is -2.43. The molecule has 1 aromatic carbocycles. The maximum atomic E-state index is 12.1. The van der Waals surface area contributed by atoms with E-state index in [1.54, 1.807) is 30.3 Å². The molecule has 0 saturated heterocycles. The minimum absolute atomic E-state index is 0.351. The Hall–Kier alpha value is -1.95. The van der Waals surface area contributed by atoms with Crippen molar-refractivity contribution >= 4 is 24.9 Å². The zero-order valence-electron chi connectivity index (χ0n) is 11.6. The van der Waals surface area contributed by atoms with Crippen LogP contribution in [0.25, 0.3) is 0 Å². The highest BCUT2D eigenvalue weighted by Gasteiger charge is 2.35. The van der Waals surface area contributed by atoms with E-state index in [2.05, 4.69) is 12.8 Å². The zero-order valence-corrected chi connectivity index (χ0v) is 12.5. The molecule has 0 aliphatic heterocycles. The third kappa shape index (κ3) is 3.78. The first kappa shape index (κ1) is 15.4. The lowest BCUT2D eigenvalue weighted by Gasteiger charge is -2.31. The van der Waals surface area contributed by atoms with Gasteiger partial charge in [0.2, 0.25) is 0 Å². The van der Waals surface area contributed by atoms with Gasteiger partial charge in [-0.05, 0) is 25.0 Å². The van der Waals surface area contributed by atoms with E-state index < -0.39 is 18.1 Å². The third-order valence-corrected chi connectivity index (χ3v) is 3.74. The molecule has 0 radical (unpaired) electrons. The first-order valence-electron chi connectivity index (χ1n) is 6.63. The van der Waals surface area contributed by atoms with Crippen LogP contribution in [0, 0.1) is 5.92 Å². The molecule has 0 saturated carbocycles. The summed E-state index contributed by atoms with van der Waals surface area (Å²) in [6, 6.07) is 8.23. The van der Waals surface area contributed by atoms with Gasteiger partial charge in [-0.2, -0.15) is 0 Å². The Bertz CT molecular complexity index is 532. The molecule has 1 aliphatic carbocycles. The van der Waals surface area contributed by atoms with Crippen LogP contribution >= 0.6 is 12.8 Å². The third-order valence-electron chi connectivity index (χ3n) is 3.31. The predicted molar refractivity (Wildman–Crippen MR) is 81.0 cm³/mol. The smallest absolute Gasteiger partial charge is 0.425 e. The van der Waals surface area contributed by atoms with E-state index in [-0.39, 0.29) is 5.97 Å². The number of hydrogen-bond donors (Lipinski definition) is 1. The summed E-state index contributed by atoms with van der Waals surface area (Å²) in [4.78, 5) is 23.9. The molecule has 0 aromatic heterocycles. The minimum Gasteiger partial charge on any atom is -0.469 e. The van der Waals surface area contributed by atoms with Gasteiger partial charge in [0.25, 0.3) is 0 Å². The number of ether oxygens (including phenoxy) is 2. The number of para-hydroxylation sites is 1. The van der Waals surface area contributed by atoms with E-state index in [9.17, 15) is 9.59 Å². The van der Waals surface area contributed by atoms with Crippen molar-refractivity contribution in [1.82, 2.24) is 4.31 Å². The SMILES string of the molecule is COC(=O)C1CCC=CC1N(S)C(=O)Oc1ccccc1. The number of nitrogens with zero attached hydrogens (tertiary/aromatic N) is 1. The fourth-order valence-electron chi connectivity index (χ4n) is 2.23. The summed E-state index contributed by atoms with van der Waals surface area (Å²) in [6.45, 7) is 0. The van der Waals surface area contributed by atoms with Gasteiger partial charge in [0, 0.05) is 0 Å². The molecule has 0 N–H and O–H groups in total. The summed E-state index contributed by atoms with van der Waals surface area (Å²) in [5, 5.41) is 0. The molecule has 2 rings (SSSR count). The van der Waals surface area contributed by atoms with Crippen LogP contribution in [-0.2, 0) is 9.53 Å². The number of amides is 1. The standard InChI is InChI=1S/C15H17NO4S/c1-19-14(17)12-9-5-6-10-13(12)16(21)15(18)20-11-7-3-2-4-8-11/h2-4,6-8,10,12-13,21H,5,9H2,1H3. The summed E-state index contributed by atoms with van der Waals surface area (Å²) >= 11 is 4.19. The first-order valence-corrected chi connectivity index (χ1v) is 7.03. The van der Waals surface area contributed by atoms with E-state index in [1.165, 1.54) is 7.11 Å².